The Labute approximate surface area is 173 Å². The normalized spacial score (nSPS) is 16.9. The number of nitrogens with zero attached hydrogens (tertiary/aromatic N) is 2. The van der Waals surface area contributed by atoms with E-state index in [-0.39, 0.29) is 24.0 Å². The average molecular weight is 410 g/mol. The lowest BCUT2D eigenvalue weighted by Crippen LogP contribution is -2.35. The smallest absolute Gasteiger partial charge is 0.269 e. The Bertz CT molecular complexity index is 1050. The van der Waals surface area contributed by atoms with Gasteiger partial charge in [0.25, 0.3) is 11.8 Å². The summed E-state index contributed by atoms with van der Waals surface area (Å²) < 4.78 is 19.5. The molecule has 30 heavy (non-hydrogen) atoms. The van der Waals surface area contributed by atoms with E-state index in [0.29, 0.717) is 40.5 Å². The summed E-state index contributed by atoms with van der Waals surface area (Å²) in [6, 6.07) is 7.46. The number of anilines is 1. The molecule has 0 unspecified atom stereocenters. The van der Waals surface area contributed by atoms with Crippen LogP contribution in [0.4, 0.5) is 10.1 Å². The summed E-state index contributed by atoms with van der Waals surface area (Å²) in [7, 11) is 0. The van der Waals surface area contributed by atoms with E-state index in [0.717, 1.165) is 19.6 Å². The first-order valence-corrected chi connectivity index (χ1v) is 10.0. The van der Waals surface area contributed by atoms with Gasteiger partial charge in [0.1, 0.15) is 23.9 Å². The van der Waals surface area contributed by atoms with Gasteiger partial charge in [-0.25, -0.2) is 9.37 Å². The zero-order chi connectivity index (χ0) is 21.3. The first-order chi connectivity index (χ1) is 14.5. The monoisotopic (exact) mass is 410 g/mol. The highest BCUT2D eigenvalue weighted by molar-refractivity contribution is 6.36. The average Bonchev–Trinajstić information content (AvgIpc) is 3.29. The van der Waals surface area contributed by atoms with Crippen molar-refractivity contribution in [2.75, 3.05) is 31.5 Å². The van der Waals surface area contributed by atoms with Crippen LogP contribution in [0.3, 0.4) is 0 Å². The van der Waals surface area contributed by atoms with Crippen LogP contribution in [0.1, 0.15) is 41.2 Å². The van der Waals surface area contributed by atoms with E-state index in [2.05, 4.69) is 34.4 Å². The molecule has 1 aromatic carbocycles. The molecule has 0 spiro atoms. The third kappa shape index (κ3) is 3.66. The molecule has 0 bridgehead atoms. The van der Waals surface area contributed by atoms with E-state index < -0.39 is 5.82 Å². The van der Waals surface area contributed by atoms with E-state index in [1.807, 2.05) is 0 Å². The summed E-state index contributed by atoms with van der Waals surface area (Å²) in [4.78, 5) is 31.6. The molecule has 0 fully saturated rings. The molecule has 0 saturated heterocycles. The molecule has 2 aromatic rings. The molecular formula is C22H23FN4O3. The van der Waals surface area contributed by atoms with Gasteiger partial charge in [0, 0.05) is 29.9 Å². The van der Waals surface area contributed by atoms with Crippen LogP contribution in [-0.4, -0.2) is 47.9 Å². The van der Waals surface area contributed by atoms with E-state index in [4.69, 9.17) is 4.74 Å². The molecule has 3 heterocycles. The number of halogens is 1. The molecule has 2 aliphatic heterocycles. The summed E-state index contributed by atoms with van der Waals surface area (Å²) >= 11 is 0. The minimum absolute atomic E-state index is 0.145. The number of likely N-dealkylation sites (N-methyl/N-ethyl adjacent to an activating group) is 1. The van der Waals surface area contributed by atoms with E-state index in [9.17, 15) is 14.0 Å². The predicted molar refractivity (Wildman–Crippen MR) is 111 cm³/mol. The van der Waals surface area contributed by atoms with Crippen molar-refractivity contribution in [3.63, 3.8) is 0 Å². The fourth-order valence-electron chi connectivity index (χ4n) is 3.69. The Morgan fingerprint density at radius 3 is 2.80 bits per heavy atom. The number of pyridine rings is 1. The van der Waals surface area contributed by atoms with Crippen molar-refractivity contribution in [1.82, 2.24) is 15.2 Å². The van der Waals surface area contributed by atoms with Crippen molar-refractivity contribution in [1.29, 1.82) is 0 Å². The molecule has 0 atom stereocenters. The lowest BCUT2D eigenvalue weighted by atomic mass is 10.0. The maximum absolute atomic E-state index is 13.7. The standard InChI is InChI=1S/C22H23FN4O3/c1-3-27(4-2)10-9-24-21(28)17-8-6-14-18(25-17)12-30-20(14)19-15-11-13(23)5-7-16(15)26-22(19)29/h5-8,11H,3-4,9-10,12H2,1-2H3,(H,24,28)(H,26,29)/b20-19+. The van der Waals surface area contributed by atoms with Crippen molar-refractivity contribution in [2.45, 2.75) is 20.5 Å². The van der Waals surface area contributed by atoms with Crippen LogP contribution in [0.5, 0.6) is 0 Å². The number of aromatic nitrogens is 1. The molecule has 7 nitrogen and oxygen atoms in total. The number of carbonyl (C=O) groups excluding carboxylic acids is 2. The zero-order valence-corrected chi connectivity index (χ0v) is 16.9. The Morgan fingerprint density at radius 1 is 1.23 bits per heavy atom. The second-order valence-electron chi connectivity index (χ2n) is 7.11. The van der Waals surface area contributed by atoms with Crippen molar-refractivity contribution >= 4 is 28.8 Å². The molecule has 1 aromatic heterocycles. The second kappa shape index (κ2) is 8.23. The van der Waals surface area contributed by atoms with Crippen LogP contribution < -0.4 is 10.6 Å². The van der Waals surface area contributed by atoms with Crippen LogP contribution in [0.2, 0.25) is 0 Å². The highest BCUT2D eigenvalue weighted by atomic mass is 19.1. The van der Waals surface area contributed by atoms with Crippen LogP contribution in [0, 0.1) is 5.82 Å². The minimum Gasteiger partial charge on any atom is -0.486 e. The SMILES string of the molecule is CCN(CC)CCNC(=O)c1ccc2c(n1)CO/C2=C1/C(=O)Nc2ccc(F)cc21. The summed E-state index contributed by atoms with van der Waals surface area (Å²) in [6.45, 7) is 7.47. The van der Waals surface area contributed by atoms with Gasteiger partial charge in [0.15, 0.2) is 0 Å². The summed E-state index contributed by atoms with van der Waals surface area (Å²) in [5, 5.41) is 5.60. The molecule has 8 heteroatoms. The van der Waals surface area contributed by atoms with Crippen LogP contribution in [0.15, 0.2) is 30.3 Å². The number of ether oxygens (including phenoxy) is 1. The highest BCUT2D eigenvalue weighted by Crippen LogP contribution is 2.41. The molecular weight excluding hydrogens is 387 g/mol. The van der Waals surface area contributed by atoms with Gasteiger partial charge in [-0.15, -0.1) is 0 Å². The number of hydrogen-bond donors (Lipinski definition) is 2. The number of benzene rings is 1. The lowest BCUT2D eigenvalue weighted by molar-refractivity contribution is -0.110. The third-order valence-corrected chi connectivity index (χ3v) is 5.37. The number of rotatable bonds is 6. The fourth-order valence-corrected chi connectivity index (χ4v) is 3.69. The molecule has 0 radical (unpaired) electrons. The highest BCUT2D eigenvalue weighted by Gasteiger charge is 2.33. The van der Waals surface area contributed by atoms with Gasteiger partial charge in [-0.2, -0.15) is 0 Å². The van der Waals surface area contributed by atoms with Crippen LogP contribution in [-0.2, 0) is 16.1 Å². The van der Waals surface area contributed by atoms with Gasteiger partial charge < -0.3 is 20.3 Å². The molecule has 0 aliphatic carbocycles. The summed E-state index contributed by atoms with van der Waals surface area (Å²) in [6.07, 6.45) is 0. The van der Waals surface area contributed by atoms with Gasteiger partial charge in [-0.1, -0.05) is 13.8 Å². The van der Waals surface area contributed by atoms with Gasteiger partial charge in [-0.05, 0) is 43.4 Å². The number of fused-ring (bicyclic) bond motifs is 2. The maximum atomic E-state index is 13.7. The van der Waals surface area contributed by atoms with Crippen molar-refractivity contribution in [3.8, 4) is 0 Å². The second-order valence-corrected chi connectivity index (χ2v) is 7.11. The molecule has 2 aliphatic rings. The Hall–Kier alpha value is -3.26. The third-order valence-electron chi connectivity index (χ3n) is 5.37. The molecule has 2 N–H and O–H groups in total. The predicted octanol–water partition coefficient (Wildman–Crippen LogP) is 2.64. The molecule has 0 saturated carbocycles. The summed E-state index contributed by atoms with van der Waals surface area (Å²) in [5.41, 5.74) is 2.79. The Balaban J connectivity index is 1.56. The number of nitrogens with one attached hydrogen (secondary N) is 2. The van der Waals surface area contributed by atoms with Crippen molar-refractivity contribution in [3.05, 3.63) is 58.7 Å². The van der Waals surface area contributed by atoms with E-state index in [1.165, 1.54) is 18.2 Å². The quantitative estimate of drug-likeness (QED) is 0.716. The molecule has 4 rings (SSSR count). The first-order valence-electron chi connectivity index (χ1n) is 10.0. The number of carbonyl (C=O) groups is 2. The van der Waals surface area contributed by atoms with E-state index >= 15 is 0 Å². The number of hydrogen-bond acceptors (Lipinski definition) is 5. The zero-order valence-electron chi connectivity index (χ0n) is 16.9. The Morgan fingerprint density at radius 2 is 2.03 bits per heavy atom. The lowest BCUT2D eigenvalue weighted by Gasteiger charge is -2.17. The van der Waals surface area contributed by atoms with Crippen LogP contribution >= 0.6 is 0 Å². The van der Waals surface area contributed by atoms with Crippen LogP contribution in [0.25, 0.3) is 11.3 Å². The topological polar surface area (TPSA) is 83.6 Å². The minimum atomic E-state index is -0.434. The van der Waals surface area contributed by atoms with Gasteiger partial charge in [0.2, 0.25) is 0 Å². The van der Waals surface area contributed by atoms with Crippen molar-refractivity contribution in [2.24, 2.45) is 0 Å². The maximum Gasteiger partial charge on any atom is 0.269 e. The van der Waals surface area contributed by atoms with E-state index in [1.54, 1.807) is 12.1 Å². The largest absolute Gasteiger partial charge is 0.486 e. The molecule has 156 valence electrons. The number of amides is 2. The first kappa shape index (κ1) is 20.0. The summed E-state index contributed by atoms with van der Waals surface area (Å²) in [5.74, 6) is -0.682. The molecule has 2 amide bonds. The fraction of sp³-hybridized carbons (Fsp3) is 0.318. The van der Waals surface area contributed by atoms with Crippen molar-refractivity contribution < 1.29 is 18.7 Å². The van der Waals surface area contributed by atoms with Gasteiger partial charge in [0.05, 0.1) is 11.3 Å². The van der Waals surface area contributed by atoms with Gasteiger partial charge in [-0.3, -0.25) is 9.59 Å². The van der Waals surface area contributed by atoms with Gasteiger partial charge >= 0.3 is 0 Å². The Kier molecular flexibility index (Phi) is 5.50.